The number of rotatable bonds is 3. The molecule has 0 aliphatic carbocycles. The van der Waals surface area contributed by atoms with Gasteiger partial charge in [0.1, 0.15) is 6.54 Å². The van der Waals surface area contributed by atoms with Crippen molar-refractivity contribution in [2.45, 2.75) is 43.7 Å². The van der Waals surface area contributed by atoms with E-state index in [-0.39, 0.29) is 12.5 Å². The van der Waals surface area contributed by atoms with Gasteiger partial charge < -0.3 is 9.47 Å². The SMILES string of the molecule is CC(C)(C)S(=O)(=O)[C@H]1CCN(C(=O)Cn2cccc2)C1. The van der Waals surface area contributed by atoms with E-state index in [0.717, 1.165) is 0 Å². The molecule has 0 radical (unpaired) electrons. The van der Waals surface area contributed by atoms with Gasteiger partial charge >= 0.3 is 0 Å². The van der Waals surface area contributed by atoms with Gasteiger partial charge in [-0.05, 0) is 39.3 Å². The van der Waals surface area contributed by atoms with Crippen molar-refractivity contribution >= 4 is 15.7 Å². The standard InChI is InChI=1S/C14H22N2O3S/c1-14(2,3)20(18,19)12-6-9-16(10-12)13(17)11-15-7-4-5-8-15/h4-5,7-8,12H,6,9-11H2,1-3H3/t12-/m0/s1. The Kier molecular flexibility index (Phi) is 3.95. The van der Waals surface area contributed by atoms with Gasteiger partial charge in [-0.1, -0.05) is 0 Å². The average Bonchev–Trinajstić information content (AvgIpc) is 2.97. The zero-order valence-corrected chi connectivity index (χ0v) is 13.1. The molecule has 0 bridgehead atoms. The normalized spacial score (nSPS) is 20.4. The number of aromatic nitrogens is 1. The fourth-order valence-corrected chi connectivity index (χ4v) is 4.23. The van der Waals surface area contributed by atoms with E-state index in [1.54, 1.807) is 30.2 Å². The molecule has 6 heteroatoms. The molecule has 0 aromatic carbocycles. The molecule has 0 spiro atoms. The number of hydrogen-bond acceptors (Lipinski definition) is 3. The summed E-state index contributed by atoms with van der Waals surface area (Å²) in [4.78, 5) is 13.8. The topological polar surface area (TPSA) is 59.4 Å². The molecule has 1 saturated heterocycles. The molecule has 1 fully saturated rings. The zero-order chi connectivity index (χ0) is 15.0. The summed E-state index contributed by atoms with van der Waals surface area (Å²) in [5.74, 6) is -0.0205. The second-order valence-corrected chi connectivity index (χ2v) is 9.24. The van der Waals surface area contributed by atoms with E-state index in [1.165, 1.54) is 0 Å². The Hall–Kier alpha value is -1.30. The van der Waals surface area contributed by atoms with Gasteiger partial charge in [-0.2, -0.15) is 0 Å². The van der Waals surface area contributed by atoms with Crippen molar-refractivity contribution in [3.05, 3.63) is 24.5 Å². The van der Waals surface area contributed by atoms with Crippen molar-refractivity contribution in [2.75, 3.05) is 13.1 Å². The molecule has 5 nitrogen and oxygen atoms in total. The first kappa shape index (κ1) is 15.1. The van der Waals surface area contributed by atoms with E-state index in [0.29, 0.717) is 19.5 Å². The Balaban J connectivity index is 2.01. The van der Waals surface area contributed by atoms with Crippen molar-refractivity contribution in [1.29, 1.82) is 0 Å². The maximum atomic E-state index is 12.4. The number of sulfone groups is 1. The molecule has 1 aromatic rings. The van der Waals surface area contributed by atoms with Crippen molar-refractivity contribution in [2.24, 2.45) is 0 Å². The van der Waals surface area contributed by atoms with E-state index in [4.69, 9.17) is 0 Å². The molecule has 0 N–H and O–H groups in total. The Morgan fingerprint density at radius 2 is 1.85 bits per heavy atom. The monoisotopic (exact) mass is 298 g/mol. The summed E-state index contributed by atoms with van der Waals surface area (Å²) in [5.41, 5.74) is 0. The Labute approximate surface area is 120 Å². The van der Waals surface area contributed by atoms with Crippen LogP contribution in [0.2, 0.25) is 0 Å². The van der Waals surface area contributed by atoms with E-state index in [2.05, 4.69) is 0 Å². The predicted octanol–water partition coefficient (Wildman–Crippen LogP) is 1.30. The lowest BCUT2D eigenvalue weighted by Crippen LogP contribution is -2.40. The maximum Gasteiger partial charge on any atom is 0.242 e. The highest BCUT2D eigenvalue weighted by Crippen LogP contribution is 2.27. The first-order valence-corrected chi connectivity index (χ1v) is 8.38. The summed E-state index contributed by atoms with van der Waals surface area (Å²) < 4.78 is 25.8. The molecule has 2 rings (SSSR count). The molecule has 20 heavy (non-hydrogen) atoms. The van der Waals surface area contributed by atoms with Gasteiger partial charge in [-0.3, -0.25) is 4.79 Å². The molecular formula is C14H22N2O3S. The lowest BCUT2D eigenvalue weighted by molar-refractivity contribution is -0.130. The van der Waals surface area contributed by atoms with Crippen LogP contribution in [0.25, 0.3) is 0 Å². The number of nitrogens with zero attached hydrogens (tertiary/aromatic N) is 2. The number of carbonyl (C=O) groups is 1. The van der Waals surface area contributed by atoms with Gasteiger partial charge in [0.2, 0.25) is 5.91 Å². The first-order valence-electron chi connectivity index (χ1n) is 6.84. The van der Waals surface area contributed by atoms with Gasteiger partial charge in [0.25, 0.3) is 0 Å². The van der Waals surface area contributed by atoms with Crippen LogP contribution in [0.15, 0.2) is 24.5 Å². The van der Waals surface area contributed by atoms with Crippen LogP contribution in [-0.2, 0) is 21.2 Å². The summed E-state index contributed by atoms with van der Waals surface area (Å²) in [5, 5.41) is -0.434. The van der Waals surface area contributed by atoms with Crippen molar-refractivity contribution in [3.63, 3.8) is 0 Å². The molecule has 0 saturated carbocycles. The molecule has 2 heterocycles. The van der Waals surface area contributed by atoms with Crippen molar-refractivity contribution < 1.29 is 13.2 Å². The fraction of sp³-hybridized carbons (Fsp3) is 0.643. The first-order chi connectivity index (χ1) is 9.22. The van der Waals surface area contributed by atoms with Gasteiger partial charge in [0, 0.05) is 25.5 Å². The molecule has 112 valence electrons. The highest BCUT2D eigenvalue weighted by molar-refractivity contribution is 7.93. The molecule has 1 amide bonds. The Bertz CT molecular complexity index is 570. The average molecular weight is 298 g/mol. The van der Waals surface area contributed by atoms with Crippen LogP contribution in [-0.4, -0.2) is 46.9 Å². The van der Waals surface area contributed by atoms with Crippen LogP contribution in [0.4, 0.5) is 0 Å². The Morgan fingerprint density at radius 3 is 2.40 bits per heavy atom. The molecule has 1 aromatic heterocycles. The Morgan fingerprint density at radius 1 is 1.25 bits per heavy atom. The predicted molar refractivity (Wildman–Crippen MR) is 78.1 cm³/mol. The van der Waals surface area contributed by atoms with Gasteiger partial charge in [0.05, 0.1) is 10.00 Å². The van der Waals surface area contributed by atoms with Crippen LogP contribution in [0.1, 0.15) is 27.2 Å². The third-order valence-electron chi connectivity index (χ3n) is 3.77. The highest BCUT2D eigenvalue weighted by atomic mass is 32.2. The van der Waals surface area contributed by atoms with Crippen LogP contribution in [0.3, 0.4) is 0 Å². The zero-order valence-electron chi connectivity index (χ0n) is 12.2. The largest absolute Gasteiger partial charge is 0.345 e. The molecule has 0 unspecified atom stereocenters. The smallest absolute Gasteiger partial charge is 0.242 e. The minimum atomic E-state index is -3.21. The second-order valence-electron chi connectivity index (χ2n) is 6.26. The number of carbonyl (C=O) groups excluding carboxylic acids is 1. The third kappa shape index (κ3) is 2.90. The number of hydrogen-bond donors (Lipinski definition) is 0. The maximum absolute atomic E-state index is 12.4. The van der Waals surface area contributed by atoms with Crippen molar-refractivity contribution in [1.82, 2.24) is 9.47 Å². The van der Waals surface area contributed by atoms with Crippen molar-refractivity contribution in [3.8, 4) is 0 Å². The fourth-order valence-electron chi connectivity index (χ4n) is 2.44. The van der Waals surface area contributed by atoms with E-state index in [9.17, 15) is 13.2 Å². The molecule has 1 aliphatic heterocycles. The lowest BCUT2D eigenvalue weighted by atomic mass is 10.3. The van der Waals surface area contributed by atoms with Gasteiger partial charge in [-0.25, -0.2) is 8.42 Å². The van der Waals surface area contributed by atoms with Crippen LogP contribution in [0.5, 0.6) is 0 Å². The number of likely N-dealkylation sites (tertiary alicyclic amines) is 1. The molecule has 1 aliphatic rings. The summed E-state index contributed by atoms with van der Waals surface area (Å²) in [6.07, 6.45) is 4.20. The van der Waals surface area contributed by atoms with E-state index in [1.807, 2.05) is 24.5 Å². The van der Waals surface area contributed by atoms with Gasteiger partial charge in [0.15, 0.2) is 9.84 Å². The van der Waals surface area contributed by atoms with Gasteiger partial charge in [-0.15, -0.1) is 0 Å². The summed E-state index contributed by atoms with van der Waals surface area (Å²) in [6.45, 7) is 6.26. The van der Waals surface area contributed by atoms with E-state index >= 15 is 0 Å². The van der Waals surface area contributed by atoms with Crippen LogP contribution >= 0.6 is 0 Å². The summed E-state index contributed by atoms with van der Waals surface area (Å²) in [6, 6.07) is 3.73. The third-order valence-corrected chi connectivity index (χ3v) is 6.74. The molecule has 1 atom stereocenters. The van der Waals surface area contributed by atoms with Crippen LogP contribution < -0.4 is 0 Å². The highest BCUT2D eigenvalue weighted by Gasteiger charge is 2.41. The minimum absolute atomic E-state index is 0.0205. The lowest BCUT2D eigenvalue weighted by Gasteiger charge is -2.24. The summed E-state index contributed by atoms with van der Waals surface area (Å²) in [7, 11) is -3.21. The minimum Gasteiger partial charge on any atom is -0.345 e. The van der Waals surface area contributed by atoms with Crippen LogP contribution in [0, 0.1) is 0 Å². The summed E-state index contributed by atoms with van der Waals surface area (Å²) >= 11 is 0. The van der Waals surface area contributed by atoms with E-state index < -0.39 is 19.8 Å². The second kappa shape index (κ2) is 5.24. The quantitative estimate of drug-likeness (QED) is 0.845. The number of amides is 1. The molecular weight excluding hydrogens is 276 g/mol.